The summed E-state index contributed by atoms with van der Waals surface area (Å²) in [6.45, 7) is 6.05. The zero-order valence-electron chi connectivity index (χ0n) is 15.3. The summed E-state index contributed by atoms with van der Waals surface area (Å²) in [5, 5.41) is 13.9. The molecule has 6 nitrogen and oxygen atoms in total. The second kappa shape index (κ2) is 9.75. The van der Waals surface area contributed by atoms with Crippen molar-refractivity contribution in [3.63, 3.8) is 0 Å². The van der Waals surface area contributed by atoms with Crippen molar-refractivity contribution in [3.05, 3.63) is 29.8 Å². The van der Waals surface area contributed by atoms with E-state index in [1.807, 2.05) is 31.2 Å². The number of methoxy groups -OCH3 is 1. The Morgan fingerprint density at radius 3 is 2.56 bits per heavy atom. The molecule has 1 aliphatic heterocycles. The van der Waals surface area contributed by atoms with Crippen molar-refractivity contribution < 1.29 is 24.3 Å². The van der Waals surface area contributed by atoms with Gasteiger partial charge in [0.2, 0.25) is 0 Å². The molecule has 0 bridgehead atoms. The molecule has 1 saturated heterocycles. The number of carbonyl (C=O) groups excluding carboxylic acids is 1. The summed E-state index contributed by atoms with van der Waals surface area (Å²) in [5.74, 6) is 0.859. The second-order valence-corrected chi connectivity index (χ2v) is 6.59. The predicted octanol–water partition coefficient (Wildman–Crippen LogP) is 0.104. The number of quaternary nitrogens is 1. The zero-order valence-corrected chi connectivity index (χ0v) is 15.3. The molecule has 25 heavy (non-hydrogen) atoms. The molecule has 140 valence electrons. The topological polar surface area (TPSA) is 72.2 Å². The van der Waals surface area contributed by atoms with Gasteiger partial charge in [-0.1, -0.05) is 12.1 Å². The molecule has 1 aromatic rings. The van der Waals surface area contributed by atoms with Gasteiger partial charge in [-0.15, -0.1) is 0 Å². The summed E-state index contributed by atoms with van der Waals surface area (Å²) in [4.78, 5) is 13.2. The standard InChI is InChI=1S/C19H30N2O4/c1-3-25-14-4-11-20-18(22)15-21-12-9-19(23,10-13-21)16-5-7-17(24-2)8-6-16/h5-8,23H,3-4,9-15H2,1-2H3,(H,20,22)/p+1. The van der Waals surface area contributed by atoms with Crippen LogP contribution in [0.25, 0.3) is 0 Å². The molecule has 0 unspecified atom stereocenters. The van der Waals surface area contributed by atoms with Gasteiger partial charge < -0.3 is 24.8 Å². The summed E-state index contributed by atoms with van der Waals surface area (Å²) < 4.78 is 10.4. The fraction of sp³-hybridized carbons (Fsp3) is 0.632. The third kappa shape index (κ3) is 5.99. The number of benzene rings is 1. The molecule has 0 saturated carbocycles. The molecule has 0 atom stereocenters. The summed E-state index contributed by atoms with van der Waals surface area (Å²) in [7, 11) is 1.63. The van der Waals surface area contributed by atoms with Crippen molar-refractivity contribution in [2.45, 2.75) is 31.8 Å². The number of piperidine rings is 1. The van der Waals surface area contributed by atoms with Crippen molar-refractivity contribution >= 4 is 5.91 Å². The monoisotopic (exact) mass is 351 g/mol. The third-order valence-electron chi connectivity index (χ3n) is 4.81. The number of hydrogen-bond donors (Lipinski definition) is 3. The lowest BCUT2D eigenvalue weighted by Gasteiger charge is -2.36. The highest BCUT2D eigenvalue weighted by molar-refractivity contribution is 5.76. The first-order valence-corrected chi connectivity index (χ1v) is 9.12. The Bertz CT molecular complexity index is 525. The lowest BCUT2D eigenvalue weighted by atomic mass is 9.84. The van der Waals surface area contributed by atoms with E-state index in [0.29, 0.717) is 39.1 Å². The Kier molecular flexibility index (Phi) is 7.68. The molecule has 6 heteroatoms. The van der Waals surface area contributed by atoms with Gasteiger partial charge in [-0.2, -0.15) is 0 Å². The van der Waals surface area contributed by atoms with Gasteiger partial charge in [0, 0.05) is 32.6 Å². The molecule has 1 heterocycles. The minimum atomic E-state index is -0.802. The largest absolute Gasteiger partial charge is 0.497 e. The highest BCUT2D eigenvalue weighted by Gasteiger charge is 2.36. The Morgan fingerprint density at radius 2 is 1.96 bits per heavy atom. The molecule has 1 amide bonds. The lowest BCUT2D eigenvalue weighted by Crippen LogP contribution is -3.14. The molecule has 0 aromatic heterocycles. The van der Waals surface area contributed by atoms with Gasteiger partial charge in [0.25, 0.3) is 5.91 Å². The maximum atomic E-state index is 12.0. The average Bonchev–Trinajstić information content (AvgIpc) is 2.64. The van der Waals surface area contributed by atoms with Crippen LogP contribution in [0.1, 0.15) is 31.7 Å². The van der Waals surface area contributed by atoms with Crippen LogP contribution >= 0.6 is 0 Å². The Labute approximate surface area is 150 Å². The fourth-order valence-electron chi connectivity index (χ4n) is 3.22. The molecule has 2 rings (SSSR count). The predicted molar refractivity (Wildman–Crippen MR) is 95.8 cm³/mol. The van der Waals surface area contributed by atoms with E-state index < -0.39 is 5.60 Å². The molecule has 0 spiro atoms. The first-order valence-electron chi connectivity index (χ1n) is 9.12. The minimum absolute atomic E-state index is 0.0707. The third-order valence-corrected chi connectivity index (χ3v) is 4.81. The molecule has 1 fully saturated rings. The van der Waals surface area contributed by atoms with E-state index in [9.17, 15) is 9.90 Å². The fourth-order valence-corrected chi connectivity index (χ4v) is 3.22. The van der Waals surface area contributed by atoms with Crippen LogP contribution in [0.2, 0.25) is 0 Å². The maximum Gasteiger partial charge on any atom is 0.275 e. The van der Waals surface area contributed by atoms with E-state index in [1.54, 1.807) is 7.11 Å². The van der Waals surface area contributed by atoms with Crippen molar-refractivity contribution in [1.29, 1.82) is 0 Å². The smallest absolute Gasteiger partial charge is 0.275 e. The van der Waals surface area contributed by atoms with E-state index in [2.05, 4.69) is 5.32 Å². The second-order valence-electron chi connectivity index (χ2n) is 6.59. The number of carbonyl (C=O) groups is 1. The lowest BCUT2D eigenvalue weighted by molar-refractivity contribution is -0.900. The average molecular weight is 351 g/mol. The number of hydrogen-bond acceptors (Lipinski definition) is 4. The molecular formula is C19H31N2O4+. The van der Waals surface area contributed by atoms with Gasteiger partial charge in [0.15, 0.2) is 6.54 Å². The number of amides is 1. The number of likely N-dealkylation sites (tertiary alicyclic amines) is 1. The molecule has 1 aliphatic rings. The zero-order chi connectivity index (χ0) is 18.1. The van der Waals surface area contributed by atoms with Crippen LogP contribution in [0.5, 0.6) is 5.75 Å². The van der Waals surface area contributed by atoms with Crippen LogP contribution < -0.4 is 15.0 Å². The van der Waals surface area contributed by atoms with E-state index in [4.69, 9.17) is 9.47 Å². The van der Waals surface area contributed by atoms with Gasteiger partial charge in [0.1, 0.15) is 11.4 Å². The van der Waals surface area contributed by atoms with Crippen LogP contribution in [0.4, 0.5) is 0 Å². The molecule has 0 radical (unpaired) electrons. The molecule has 1 aromatic carbocycles. The SMILES string of the molecule is CCOCCCNC(=O)C[NH+]1CCC(O)(c2ccc(OC)cc2)CC1. The van der Waals surface area contributed by atoms with Crippen LogP contribution in [0.3, 0.4) is 0 Å². The van der Waals surface area contributed by atoms with Crippen LogP contribution in [-0.4, -0.2) is 57.5 Å². The summed E-state index contributed by atoms with van der Waals surface area (Å²) in [5.41, 5.74) is 0.122. The Balaban J connectivity index is 1.73. The van der Waals surface area contributed by atoms with Gasteiger partial charge >= 0.3 is 0 Å². The van der Waals surface area contributed by atoms with E-state index in [0.717, 1.165) is 30.8 Å². The van der Waals surface area contributed by atoms with E-state index in [-0.39, 0.29) is 5.91 Å². The Hall–Kier alpha value is -1.63. The van der Waals surface area contributed by atoms with Gasteiger partial charge in [-0.3, -0.25) is 4.79 Å². The van der Waals surface area contributed by atoms with Gasteiger partial charge in [-0.05, 0) is 31.0 Å². The molecule has 3 N–H and O–H groups in total. The van der Waals surface area contributed by atoms with Crippen molar-refractivity contribution in [2.24, 2.45) is 0 Å². The number of aliphatic hydroxyl groups is 1. The first-order chi connectivity index (χ1) is 12.1. The molecular weight excluding hydrogens is 320 g/mol. The Morgan fingerprint density at radius 1 is 1.28 bits per heavy atom. The maximum absolute atomic E-state index is 12.0. The summed E-state index contributed by atoms with van der Waals surface area (Å²) in [6, 6.07) is 7.61. The number of rotatable bonds is 9. The number of nitrogens with one attached hydrogen (secondary N) is 2. The van der Waals surface area contributed by atoms with Gasteiger partial charge in [0.05, 0.1) is 20.2 Å². The van der Waals surface area contributed by atoms with Crippen LogP contribution in [0.15, 0.2) is 24.3 Å². The summed E-state index contributed by atoms with van der Waals surface area (Å²) >= 11 is 0. The van der Waals surface area contributed by atoms with Crippen molar-refractivity contribution in [2.75, 3.05) is 46.5 Å². The molecule has 0 aliphatic carbocycles. The normalized spacial score (nSPS) is 23.2. The van der Waals surface area contributed by atoms with Crippen LogP contribution in [-0.2, 0) is 15.1 Å². The summed E-state index contributed by atoms with van der Waals surface area (Å²) in [6.07, 6.45) is 2.16. The quantitative estimate of drug-likeness (QED) is 0.552. The first kappa shape index (κ1) is 19.7. The van der Waals surface area contributed by atoms with Gasteiger partial charge in [-0.25, -0.2) is 0 Å². The van der Waals surface area contributed by atoms with Crippen molar-refractivity contribution in [1.82, 2.24) is 5.32 Å². The number of ether oxygens (including phenoxy) is 2. The van der Waals surface area contributed by atoms with E-state index >= 15 is 0 Å². The minimum Gasteiger partial charge on any atom is -0.497 e. The highest BCUT2D eigenvalue weighted by atomic mass is 16.5. The van der Waals surface area contributed by atoms with Crippen LogP contribution in [0, 0.1) is 0 Å². The highest BCUT2D eigenvalue weighted by Crippen LogP contribution is 2.30. The van der Waals surface area contributed by atoms with E-state index in [1.165, 1.54) is 4.90 Å². The van der Waals surface area contributed by atoms with Crippen molar-refractivity contribution in [3.8, 4) is 5.75 Å².